The van der Waals surface area contributed by atoms with Crippen molar-refractivity contribution in [1.29, 1.82) is 0 Å². The van der Waals surface area contributed by atoms with Crippen LogP contribution in [0.2, 0.25) is 0 Å². The molecule has 0 spiro atoms. The van der Waals surface area contributed by atoms with Crippen LogP contribution < -0.4 is 0 Å². The van der Waals surface area contributed by atoms with E-state index < -0.39 is 9.84 Å². The summed E-state index contributed by atoms with van der Waals surface area (Å²) in [5, 5.41) is 2.45. The summed E-state index contributed by atoms with van der Waals surface area (Å²) in [6, 6.07) is 10.1. The molecular formula is C13H10O3S2. The number of benzene rings is 1. The minimum absolute atomic E-state index is 0.0475. The lowest BCUT2D eigenvalue weighted by molar-refractivity contribution is 0.103. The summed E-state index contributed by atoms with van der Waals surface area (Å²) in [5.41, 5.74) is 0.669. The monoisotopic (exact) mass is 278 g/mol. The molecule has 0 unspecified atom stereocenters. The molecule has 1 heterocycles. The number of carbonyl (C=O) groups excluding carboxylic acids is 1. The molecule has 92 valence electrons. The molecule has 2 rings (SSSR count). The minimum Gasteiger partial charge on any atom is -0.289 e. The molecule has 5 heteroatoms. The Morgan fingerprint density at radius 3 is 2.44 bits per heavy atom. The first-order valence-electron chi connectivity index (χ1n) is 5.11. The number of hydrogen-bond acceptors (Lipinski definition) is 4. The highest BCUT2D eigenvalue weighted by Gasteiger charge is 2.22. The average Bonchev–Trinajstić information content (AvgIpc) is 2.89. The lowest BCUT2D eigenvalue weighted by Gasteiger charge is -2.01. The standard InChI is InChI=1S/C13H10O3S2/c1-2-18(15,16)13-11(8-9-17-13)12(14)10-6-4-3-5-7-10/h2-9H,1H2. The minimum atomic E-state index is -3.58. The molecular weight excluding hydrogens is 268 g/mol. The van der Waals surface area contributed by atoms with Gasteiger partial charge >= 0.3 is 0 Å². The predicted molar refractivity (Wildman–Crippen MR) is 71.6 cm³/mol. The molecule has 0 bridgehead atoms. The highest BCUT2D eigenvalue weighted by Crippen LogP contribution is 2.26. The molecule has 0 saturated carbocycles. The van der Waals surface area contributed by atoms with Crippen molar-refractivity contribution >= 4 is 27.0 Å². The highest BCUT2D eigenvalue weighted by atomic mass is 32.2. The van der Waals surface area contributed by atoms with E-state index in [2.05, 4.69) is 6.58 Å². The van der Waals surface area contributed by atoms with Crippen molar-refractivity contribution in [2.45, 2.75) is 4.21 Å². The number of ketones is 1. The van der Waals surface area contributed by atoms with Crippen molar-refractivity contribution in [2.24, 2.45) is 0 Å². The third-order valence-corrected chi connectivity index (χ3v) is 5.26. The Kier molecular flexibility index (Phi) is 3.45. The third kappa shape index (κ3) is 2.27. The first kappa shape index (κ1) is 12.7. The first-order chi connectivity index (χ1) is 8.56. The lowest BCUT2D eigenvalue weighted by Crippen LogP contribution is -2.05. The Labute approximate surface area is 109 Å². The van der Waals surface area contributed by atoms with Crippen molar-refractivity contribution in [3.8, 4) is 0 Å². The summed E-state index contributed by atoms with van der Waals surface area (Å²) in [5.74, 6) is -0.294. The number of carbonyl (C=O) groups is 1. The van der Waals surface area contributed by atoms with Crippen LogP contribution >= 0.6 is 11.3 Å². The van der Waals surface area contributed by atoms with Crippen molar-refractivity contribution in [2.75, 3.05) is 0 Å². The number of sulfone groups is 1. The summed E-state index contributed by atoms with van der Waals surface area (Å²) in [7, 11) is -3.58. The molecule has 0 fully saturated rings. The lowest BCUT2D eigenvalue weighted by atomic mass is 10.1. The van der Waals surface area contributed by atoms with Gasteiger partial charge in [-0.25, -0.2) is 8.42 Å². The van der Waals surface area contributed by atoms with E-state index in [4.69, 9.17) is 0 Å². The Bertz CT molecular complexity index is 682. The molecule has 0 N–H and O–H groups in total. The summed E-state index contributed by atoms with van der Waals surface area (Å²) in [6.45, 7) is 3.27. The fourth-order valence-electron chi connectivity index (χ4n) is 1.50. The quantitative estimate of drug-likeness (QED) is 0.808. The van der Waals surface area contributed by atoms with Crippen molar-refractivity contribution < 1.29 is 13.2 Å². The maximum atomic E-state index is 12.2. The van der Waals surface area contributed by atoms with Crippen LogP contribution in [0, 0.1) is 0 Å². The van der Waals surface area contributed by atoms with E-state index in [1.54, 1.807) is 35.7 Å². The van der Waals surface area contributed by atoms with Gasteiger partial charge in [0.1, 0.15) is 4.21 Å². The summed E-state index contributed by atoms with van der Waals surface area (Å²) < 4.78 is 23.6. The zero-order chi connectivity index (χ0) is 13.2. The van der Waals surface area contributed by atoms with Crippen LogP contribution in [0.1, 0.15) is 15.9 Å². The van der Waals surface area contributed by atoms with E-state index in [0.29, 0.717) is 5.56 Å². The van der Waals surface area contributed by atoms with E-state index in [0.717, 1.165) is 16.7 Å². The molecule has 2 aromatic rings. The third-order valence-electron chi connectivity index (χ3n) is 2.39. The van der Waals surface area contributed by atoms with Gasteiger partial charge in [-0.2, -0.15) is 0 Å². The van der Waals surface area contributed by atoms with Gasteiger partial charge in [0.15, 0.2) is 5.78 Å². The van der Waals surface area contributed by atoms with Gasteiger partial charge in [-0.3, -0.25) is 4.79 Å². The molecule has 1 aromatic carbocycles. The van der Waals surface area contributed by atoms with E-state index in [-0.39, 0.29) is 15.6 Å². The molecule has 1 aromatic heterocycles. The largest absolute Gasteiger partial charge is 0.289 e. The van der Waals surface area contributed by atoms with Crippen LogP contribution in [0.15, 0.2) is 58.0 Å². The Hall–Kier alpha value is -1.72. The fraction of sp³-hybridized carbons (Fsp3) is 0. The van der Waals surface area contributed by atoms with Crippen LogP contribution in [-0.4, -0.2) is 14.2 Å². The molecule has 0 radical (unpaired) electrons. The molecule has 0 atom stereocenters. The number of hydrogen-bond donors (Lipinski definition) is 0. The zero-order valence-corrected chi connectivity index (χ0v) is 11.0. The van der Waals surface area contributed by atoms with Gasteiger partial charge in [0, 0.05) is 11.0 Å². The van der Waals surface area contributed by atoms with Crippen LogP contribution in [0.25, 0.3) is 0 Å². The Morgan fingerprint density at radius 1 is 1.17 bits per heavy atom. The molecule has 0 amide bonds. The van der Waals surface area contributed by atoms with Gasteiger partial charge < -0.3 is 0 Å². The van der Waals surface area contributed by atoms with Crippen LogP contribution in [0.5, 0.6) is 0 Å². The number of thiophene rings is 1. The molecule has 0 aliphatic rings. The van der Waals surface area contributed by atoms with Gasteiger partial charge in [-0.1, -0.05) is 36.9 Å². The van der Waals surface area contributed by atoms with Crippen molar-refractivity contribution in [1.82, 2.24) is 0 Å². The maximum absolute atomic E-state index is 12.2. The van der Waals surface area contributed by atoms with Crippen LogP contribution in [0.3, 0.4) is 0 Å². The topological polar surface area (TPSA) is 51.2 Å². The summed E-state index contributed by atoms with van der Waals surface area (Å²) >= 11 is 1.02. The zero-order valence-electron chi connectivity index (χ0n) is 9.37. The van der Waals surface area contributed by atoms with E-state index >= 15 is 0 Å². The van der Waals surface area contributed by atoms with Crippen LogP contribution in [-0.2, 0) is 9.84 Å². The first-order valence-corrected chi connectivity index (χ1v) is 7.53. The smallest absolute Gasteiger partial charge is 0.209 e. The number of rotatable bonds is 4. The Morgan fingerprint density at radius 2 is 1.83 bits per heavy atom. The second-order valence-electron chi connectivity index (χ2n) is 3.53. The van der Waals surface area contributed by atoms with Crippen molar-refractivity contribution in [3.63, 3.8) is 0 Å². The summed E-state index contributed by atoms with van der Waals surface area (Å²) in [4.78, 5) is 12.2. The SMILES string of the molecule is C=CS(=O)(=O)c1sccc1C(=O)c1ccccc1. The van der Waals surface area contributed by atoms with Gasteiger partial charge in [0.25, 0.3) is 0 Å². The molecule has 0 aliphatic heterocycles. The van der Waals surface area contributed by atoms with E-state index in [1.165, 1.54) is 6.07 Å². The molecule has 18 heavy (non-hydrogen) atoms. The fourth-order valence-corrected chi connectivity index (χ4v) is 3.65. The predicted octanol–water partition coefficient (Wildman–Crippen LogP) is 2.90. The normalized spacial score (nSPS) is 11.1. The van der Waals surface area contributed by atoms with Gasteiger partial charge in [-0.05, 0) is 11.4 Å². The van der Waals surface area contributed by atoms with Gasteiger partial charge in [-0.15, -0.1) is 11.3 Å². The van der Waals surface area contributed by atoms with Crippen LogP contribution in [0.4, 0.5) is 0 Å². The highest BCUT2D eigenvalue weighted by molar-refractivity contribution is 7.96. The van der Waals surface area contributed by atoms with E-state index in [1.807, 2.05) is 0 Å². The van der Waals surface area contributed by atoms with Gasteiger partial charge in [0.05, 0.1) is 5.56 Å². The molecule has 3 nitrogen and oxygen atoms in total. The Balaban J connectivity index is 2.52. The second kappa shape index (κ2) is 4.88. The molecule has 0 saturated heterocycles. The van der Waals surface area contributed by atoms with Crippen molar-refractivity contribution in [3.05, 3.63) is 64.9 Å². The molecule has 0 aliphatic carbocycles. The summed E-state index contributed by atoms with van der Waals surface area (Å²) in [6.07, 6.45) is 0. The maximum Gasteiger partial charge on any atom is 0.209 e. The average molecular weight is 278 g/mol. The van der Waals surface area contributed by atoms with E-state index in [9.17, 15) is 13.2 Å². The second-order valence-corrected chi connectivity index (χ2v) is 6.53. The van der Waals surface area contributed by atoms with Gasteiger partial charge in [0.2, 0.25) is 9.84 Å².